The number of amides is 1. The third-order valence-electron chi connectivity index (χ3n) is 4.95. The molecule has 7 heteroatoms. The molecule has 0 unspecified atom stereocenters. The number of nitrogens with one attached hydrogen (secondary N) is 1. The van der Waals surface area contributed by atoms with E-state index in [1.54, 1.807) is 18.1 Å². The van der Waals surface area contributed by atoms with Crippen molar-refractivity contribution in [3.05, 3.63) is 53.6 Å². The van der Waals surface area contributed by atoms with Crippen molar-refractivity contribution in [2.45, 2.75) is 33.6 Å². The van der Waals surface area contributed by atoms with Crippen molar-refractivity contribution in [2.24, 2.45) is 5.41 Å². The van der Waals surface area contributed by atoms with E-state index in [1.807, 2.05) is 57.2 Å². The lowest BCUT2D eigenvalue weighted by molar-refractivity contribution is -0.125. The molecule has 3 rings (SSSR count). The van der Waals surface area contributed by atoms with Crippen molar-refractivity contribution in [3.63, 3.8) is 0 Å². The summed E-state index contributed by atoms with van der Waals surface area (Å²) in [6.07, 6.45) is 1.14. The van der Waals surface area contributed by atoms with Gasteiger partial charge in [-0.25, -0.2) is 8.42 Å². The van der Waals surface area contributed by atoms with Crippen LogP contribution in [0.5, 0.6) is 5.75 Å². The first kappa shape index (κ1) is 21.2. The van der Waals surface area contributed by atoms with Gasteiger partial charge in [0, 0.05) is 23.3 Å². The Morgan fingerprint density at radius 1 is 1.14 bits per heavy atom. The fourth-order valence-corrected chi connectivity index (χ4v) is 4.45. The van der Waals surface area contributed by atoms with E-state index < -0.39 is 15.4 Å². The number of aryl methyl sites for hydroxylation is 1. The molecule has 1 amide bonds. The molecule has 0 fully saturated rings. The molecule has 0 bridgehead atoms. The molecule has 29 heavy (non-hydrogen) atoms. The van der Waals surface area contributed by atoms with Gasteiger partial charge in [-0.3, -0.25) is 9.52 Å². The molecule has 156 valence electrons. The van der Waals surface area contributed by atoms with Gasteiger partial charge in [0.15, 0.2) is 0 Å². The second kappa shape index (κ2) is 8.06. The summed E-state index contributed by atoms with van der Waals surface area (Å²) in [6.45, 7) is 6.33. The zero-order valence-corrected chi connectivity index (χ0v) is 18.2. The summed E-state index contributed by atoms with van der Waals surface area (Å²) in [4.78, 5) is 14.4. The number of benzene rings is 2. The summed E-state index contributed by atoms with van der Waals surface area (Å²) in [7, 11) is -1.89. The summed E-state index contributed by atoms with van der Waals surface area (Å²) in [5.74, 6) is 0.807. The van der Waals surface area contributed by atoms with Crippen LogP contribution in [-0.2, 0) is 27.7 Å². The molecule has 0 aliphatic carbocycles. The second-order valence-electron chi connectivity index (χ2n) is 8.32. The predicted octanol–water partition coefficient (Wildman–Crippen LogP) is 3.61. The Kier molecular flexibility index (Phi) is 5.89. The minimum atomic E-state index is -3.48. The first-order valence-corrected chi connectivity index (χ1v) is 11.3. The lowest BCUT2D eigenvalue weighted by Crippen LogP contribution is -2.38. The number of anilines is 2. The minimum absolute atomic E-state index is 0.00888. The monoisotopic (exact) mass is 416 g/mol. The highest BCUT2D eigenvalue weighted by atomic mass is 32.2. The number of rotatable bonds is 6. The van der Waals surface area contributed by atoms with Crippen LogP contribution >= 0.6 is 0 Å². The molecular weight excluding hydrogens is 388 g/mol. The zero-order valence-electron chi connectivity index (χ0n) is 17.4. The minimum Gasteiger partial charge on any atom is -0.497 e. The number of hydrogen-bond donors (Lipinski definition) is 1. The van der Waals surface area contributed by atoms with Crippen LogP contribution in [0, 0.1) is 5.41 Å². The molecule has 1 N–H and O–H groups in total. The molecule has 0 atom stereocenters. The molecule has 0 saturated heterocycles. The van der Waals surface area contributed by atoms with Crippen LogP contribution in [0.2, 0.25) is 0 Å². The highest BCUT2D eigenvalue weighted by molar-refractivity contribution is 7.92. The SMILES string of the molecule is COc1ccc(CCS(=O)(=O)Nc2ccc3c(c2)CCN3C(=O)C(C)(C)C)cc1. The molecule has 2 aromatic carbocycles. The van der Waals surface area contributed by atoms with Crippen LogP contribution < -0.4 is 14.4 Å². The van der Waals surface area contributed by atoms with Crippen LogP contribution in [0.3, 0.4) is 0 Å². The molecular formula is C22H28N2O4S. The van der Waals surface area contributed by atoms with E-state index in [2.05, 4.69) is 4.72 Å². The maximum absolute atomic E-state index is 12.6. The zero-order chi connectivity index (χ0) is 21.2. The number of carbonyl (C=O) groups excluding carboxylic acids is 1. The second-order valence-corrected chi connectivity index (χ2v) is 10.2. The molecule has 6 nitrogen and oxygen atoms in total. The molecule has 0 radical (unpaired) electrons. The van der Waals surface area contributed by atoms with Crippen LogP contribution in [0.15, 0.2) is 42.5 Å². The van der Waals surface area contributed by atoms with E-state index >= 15 is 0 Å². The van der Waals surface area contributed by atoms with Crippen molar-refractivity contribution in [2.75, 3.05) is 29.0 Å². The lowest BCUT2D eigenvalue weighted by atomic mass is 9.94. The summed E-state index contributed by atoms with van der Waals surface area (Å²) in [5, 5.41) is 0. The number of ether oxygens (including phenoxy) is 1. The Bertz CT molecular complexity index is 992. The lowest BCUT2D eigenvalue weighted by Gasteiger charge is -2.26. The Morgan fingerprint density at radius 2 is 1.83 bits per heavy atom. The largest absolute Gasteiger partial charge is 0.497 e. The van der Waals surface area contributed by atoms with E-state index in [1.165, 1.54) is 0 Å². The maximum Gasteiger partial charge on any atom is 0.233 e. The number of nitrogens with zero attached hydrogens (tertiary/aromatic N) is 1. The van der Waals surface area contributed by atoms with Crippen LogP contribution in [0.1, 0.15) is 31.9 Å². The van der Waals surface area contributed by atoms with E-state index in [0.717, 1.165) is 29.0 Å². The highest BCUT2D eigenvalue weighted by Gasteiger charge is 2.32. The summed E-state index contributed by atoms with van der Waals surface area (Å²) < 4.78 is 32.8. The summed E-state index contributed by atoms with van der Waals surface area (Å²) >= 11 is 0. The number of hydrogen-bond acceptors (Lipinski definition) is 4. The van der Waals surface area contributed by atoms with Gasteiger partial charge in [-0.1, -0.05) is 32.9 Å². The Balaban J connectivity index is 1.66. The average molecular weight is 417 g/mol. The molecule has 0 spiro atoms. The topological polar surface area (TPSA) is 75.7 Å². The summed E-state index contributed by atoms with van der Waals surface area (Å²) in [6, 6.07) is 12.7. The number of carbonyl (C=O) groups is 1. The van der Waals surface area contributed by atoms with E-state index in [-0.39, 0.29) is 11.7 Å². The van der Waals surface area contributed by atoms with Crippen LogP contribution in [0.4, 0.5) is 11.4 Å². The van der Waals surface area contributed by atoms with E-state index in [4.69, 9.17) is 4.74 Å². The van der Waals surface area contributed by atoms with E-state index in [0.29, 0.717) is 18.7 Å². The molecule has 1 aliphatic heterocycles. The average Bonchev–Trinajstić information content (AvgIpc) is 3.08. The normalized spacial score (nSPS) is 13.9. The van der Waals surface area contributed by atoms with Crippen molar-refractivity contribution in [1.29, 1.82) is 0 Å². The highest BCUT2D eigenvalue weighted by Crippen LogP contribution is 2.33. The van der Waals surface area contributed by atoms with Gasteiger partial charge >= 0.3 is 0 Å². The number of sulfonamides is 1. The predicted molar refractivity (Wildman–Crippen MR) is 116 cm³/mol. The molecule has 1 aliphatic rings. The molecule has 2 aromatic rings. The first-order chi connectivity index (χ1) is 13.6. The smallest absolute Gasteiger partial charge is 0.233 e. The van der Waals surface area contributed by atoms with Gasteiger partial charge in [0.25, 0.3) is 0 Å². The molecule has 1 heterocycles. The molecule has 0 aromatic heterocycles. The van der Waals surface area contributed by atoms with Crippen molar-refractivity contribution in [3.8, 4) is 5.75 Å². The van der Waals surface area contributed by atoms with Gasteiger partial charge in [0.1, 0.15) is 5.75 Å². The molecule has 0 saturated carbocycles. The Labute approximate surface area is 172 Å². The van der Waals surface area contributed by atoms with Gasteiger partial charge < -0.3 is 9.64 Å². The van der Waals surface area contributed by atoms with Gasteiger partial charge in [-0.2, -0.15) is 0 Å². The fraction of sp³-hybridized carbons (Fsp3) is 0.409. The third-order valence-corrected chi connectivity index (χ3v) is 6.24. The third kappa shape index (κ3) is 5.09. The first-order valence-electron chi connectivity index (χ1n) is 9.67. The Morgan fingerprint density at radius 3 is 2.45 bits per heavy atom. The van der Waals surface area contributed by atoms with Gasteiger partial charge in [0.2, 0.25) is 15.9 Å². The van der Waals surface area contributed by atoms with Crippen molar-refractivity contribution < 1.29 is 17.9 Å². The van der Waals surface area contributed by atoms with Crippen molar-refractivity contribution >= 4 is 27.3 Å². The maximum atomic E-state index is 12.6. The number of methoxy groups -OCH3 is 1. The van der Waals surface area contributed by atoms with E-state index in [9.17, 15) is 13.2 Å². The van der Waals surface area contributed by atoms with Gasteiger partial charge in [-0.05, 0) is 54.3 Å². The van der Waals surface area contributed by atoms with Crippen LogP contribution in [-0.4, -0.2) is 33.7 Å². The Hall–Kier alpha value is -2.54. The summed E-state index contributed by atoms with van der Waals surface area (Å²) in [5.41, 5.74) is 2.86. The van der Waals surface area contributed by atoms with Gasteiger partial charge in [-0.15, -0.1) is 0 Å². The quantitative estimate of drug-likeness (QED) is 0.780. The fourth-order valence-electron chi connectivity index (χ4n) is 3.36. The van der Waals surface area contributed by atoms with Crippen molar-refractivity contribution in [1.82, 2.24) is 0 Å². The standard InChI is InChI=1S/C22H28N2O4S/c1-22(2,3)21(25)24-13-11-17-15-18(7-10-20(17)24)23-29(26,27)14-12-16-5-8-19(28-4)9-6-16/h5-10,15,23H,11-14H2,1-4H3. The number of fused-ring (bicyclic) bond motifs is 1. The van der Waals surface area contributed by atoms with Crippen LogP contribution in [0.25, 0.3) is 0 Å². The van der Waals surface area contributed by atoms with Gasteiger partial charge in [0.05, 0.1) is 12.9 Å².